The molecule has 164 valence electrons. The van der Waals surface area contributed by atoms with Crippen molar-refractivity contribution in [2.45, 2.75) is 51.0 Å². The lowest BCUT2D eigenvalue weighted by atomic mass is 10.0. The number of hydrogen-bond acceptors (Lipinski definition) is 6. The summed E-state index contributed by atoms with van der Waals surface area (Å²) < 4.78 is 5.07. The quantitative estimate of drug-likeness (QED) is 0.735. The van der Waals surface area contributed by atoms with Crippen LogP contribution in [0.2, 0.25) is 0 Å². The highest BCUT2D eigenvalue weighted by atomic mass is 16.3. The molecule has 3 amide bonds. The predicted octanol–water partition coefficient (Wildman–Crippen LogP) is 2.62. The van der Waals surface area contributed by atoms with Gasteiger partial charge in [-0.15, -0.1) is 0 Å². The third kappa shape index (κ3) is 5.28. The first kappa shape index (κ1) is 21.0. The van der Waals surface area contributed by atoms with E-state index in [-0.39, 0.29) is 29.2 Å². The highest BCUT2D eigenvalue weighted by Gasteiger charge is 2.28. The van der Waals surface area contributed by atoms with E-state index < -0.39 is 11.8 Å². The molecule has 4 rings (SSSR count). The van der Waals surface area contributed by atoms with Crippen LogP contribution in [0.15, 0.2) is 35.2 Å². The van der Waals surface area contributed by atoms with Crippen molar-refractivity contribution in [2.75, 3.05) is 18.4 Å². The Labute approximate surface area is 180 Å². The van der Waals surface area contributed by atoms with Gasteiger partial charge in [0.05, 0.1) is 6.26 Å². The van der Waals surface area contributed by atoms with Gasteiger partial charge in [0, 0.05) is 37.9 Å². The number of amides is 3. The molecule has 3 heterocycles. The molecule has 1 aliphatic carbocycles. The molecule has 0 radical (unpaired) electrons. The normalized spacial score (nSPS) is 17.5. The maximum absolute atomic E-state index is 12.8. The minimum Gasteiger partial charge on any atom is -0.459 e. The maximum atomic E-state index is 12.8. The lowest BCUT2D eigenvalue weighted by Gasteiger charge is -2.33. The van der Waals surface area contributed by atoms with Crippen LogP contribution in [0.4, 0.5) is 5.82 Å². The Hall–Kier alpha value is -3.23. The average molecular weight is 425 g/mol. The molecule has 2 N–H and O–H groups in total. The van der Waals surface area contributed by atoms with Crippen molar-refractivity contribution in [1.82, 2.24) is 20.2 Å². The van der Waals surface area contributed by atoms with Crippen LogP contribution in [0.25, 0.3) is 0 Å². The molecular formula is C22H27N5O4. The van der Waals surface area contributed by atoms with Crippen LogP contribution in [-0.4, -0.2) is 51.7 Å². The van der Waals surface area contributed by atoms with Crippen LogP contribution >= 0.6 is 0 Å². The van der Waals surface area contributed by atoms with Crippen LogP contribution in [0.1, 0.15) is 66.0 Å². The van der Waals surface area contributed by atoms with Crippen molar-refractivity contribution >= 4 is 23.5 Å². The van der Waals surface area contributed by atoms with E-state index in [1.807, 2.05) is 4.90 Å². The number of rotatable bonds is 6. The minimum atomic E-state index is -0.506. The number of likely N-dealkylation sites (tertiary alicyclic amines) is 1. The Morgan fingerprint density at radius 1 is 1.03 bits per heavy atom. The van der Waals surface area contributed by atoms with E-state index in [0.717, 1.165) is 12.8 Å². The van der Waals surface area contributed by atoms with Gasteiger partial charge in [-0.05, 0) is 43.7 Å². The summed E-state index contributed by atoms with van der Waals surface area (Å²) in [6.07, 6.45) is 11.0. The molecule has 9 heteroatoms. The van der Waals surface area contributed by atoms with Gasteiger partial charge in [0.1, 0.15) is 0 Å². The number of piperidine rings is 1. The van der Waals surface area contributed by atoms with Gasteiger partial charge in [-0.3, -0.25) is 14.4 Å². The molecule has 1 saturated heterocycles. The zero-order valence-corrected chi connectivity index (χ0v) is 17.4. The minimum absolute atomic E-state index is 0.0437. The number of hydrogen-bond donors (Lipinski definition) is 2. The van der Waals surface area contributed by atoms with Crippen LogP contribution in [0, 0.1) is 5.92 Å². The van der Waals surface area contributed by atoms with Gasteiger partial charge < -0.3 is 20.0 Å². The first-order chi connectivity index (χ1) is 15.1. The van der Waals surface area contributed by atoms with E-state index in [9.17, 15) is 14.4 Å². The Kier molecular flexibility index (Phi) is 6.59. The SMILES string of the molecule is O=C(Nc1nccnc1C(=O)NC1CCN(C(=O)CC2CCCC2)CC1)c1ccco1. The van der Waals surface area contributed by atoms with Crippen LogP contribution in [0.5, 0.6) is 0 Å². The Morgan fingerprint density at radius 2 is 1.77 bits per heavy atom. The fourth-order valence-corrected chi connectivity index (χ4v) is 4.29. The second kappa shape index (κ2) is 9.72. The number of aromatic nitrogens is 2. The molecule has 0 unspecified atom stereocenters. The summed E-state index contributed by atoms with van der Waals surface area (Å²) in [7, 11) is 0. The third-order valence-corrected chi connectivity index (χ3v) is 6.01. The van der Waals surface area contributed by atoms with E-state index >= 15 is 0 Å². The summed E-state index contributed by atoms with van der Waals surface area (Å²) in [6.45, 7) is 1.28. The lowest BCUT2D eigenvalue weighted by molar-refractivity contribution is -0.133. The molecule has 9 nitrogen and oxygen atoms in total. The molecule has 0 bridgehead atoms. The second-order valence-electron chi connectivity index (χ2n) is 8.17. The molecule has 2 aliphatic rings. The van der Waals surface area contributed by atoms with Crippen molar-refractivity contribution in [3.05, 3.63) is 42.2 Å². The van der Waals surface area contributed by atoms with Gasteiger partial charge >= 0.3 is 0 Å². The van der Waals surface area contributed by atoms with Gasteiger partial charge in [0.15, 0.2) is 17.3 Å². The molecular weight excluding hydrogens is 398 g/mol. The number of anilines is 1. The van der Waals surface area contributed by atoms with E-state index in [4.69, 9.17) is 4.42 Å². The second-order valence-corrected chi connectivity index (χ2v) is 8.17. The van der Waals surface area contributed by atoms with Gasteiger partial charge in [-0.25, -0.2) is 9.97 Å². The zero-order chi connectivity index (χ0) is 21.6. The Balaban J connectivity index is 1.30. The number of carbonyl (C=O) groups is 3. The highest BCUT2D eigenvalue weighted by Crippen LogP contribution is 2.28. The summed E-state index contributed by atoms with van der Waals surface area (Å²) in [5.41, 5.74) is 0.0437. The van der Waals surface area contributed by atoms with Gasteiger partial charge in [-0.1, -0.05) is 12.8 Å². The Morgan fingerprint density at radius 3 is 2.48 bits per heavy atom. The van der Waals surface area contributed by atoms with Crippen molar-refractivity contribution in [3.63, 3.8) is 0 Å². The summed E-state index contributed by atoms with van der Waals surface area (Å²) in [4.78, 5) is 47.6. The largest absolute Gasteiger partial charge is 0.459 e. The molecule has 2 aromatic heterocycles. The van der Waals surface area contributed by atoms with E-state index in [0.29, 0.717) is 38.3 Å². The van der Waals surface area contributed by atoms with E-state index in [1.165, 1.54) is 37.6 Å². The van der Waals surface area contributed by atoms with Gasteiger partial charge in [0.25, 0.3) is 11.8 Å². The molecule has 2 aromatic rings. The monoisotopic (exact) mass is 425 g/mol. The first-order valence-electron chi connectivity index (χ1n) is 10.8. The molecule has 0 spiro atoms. The number of nitrogens with zero attached hydrogens (tertiary/aromatic N) is 3. The van der Waals surface area contributed by atoms with Crippen molar-refractivity contribution < 1.29 is 18.8 Å². The topological polar surface area (TPSA) is 117 Å². The van der Waals surface area contributed by atoms with Crippen LogP contribution in [-0.2, 0) is 4.79 Å². The van der Waals surface area contributed by atoms with Crippen molar-refractivity contribution in [2.24, 2.45) is 5.92 Å². The first-order valence-corrected chi connectivity index (χ1v) is 10.8. The van der Waals surface area contributed by atoms with Gasteiger partial charge in [-0.2, -0.15) is 0 Å². The highest BCUT2D eigenvalue weighted by molar-refractivity contribution is 6.06. The molecule has 1 saturated carbocycles. The average Bonchev–Trinajstić information content (AvgIpc) is 3.49. The van der Waals surface area contributed by atoms with E-state index in [1.54, 1.807) is 6.07 Å². The maximum Gasteiger partial charge on any atom is 0.292 e. The standard InChI is InChI=1S/C22H27N5O4/c28-18(14-15-4-1-2-5-15)27-11-7-16(8-12-27)25-22(30)19-20(24-10-9-23-19)26-21(29)17-6-3-13-31-17/h3,6,9-10,13,15-16H,1-2,4-5,7-8,11-12,14H2,(H,25,30)(H,24,26,29). The summed E-state index contributed by atoms with van der Waals surface area (Å²) in [5, 5.41) is 5.53. The number of carbonyl (C=O) groups excluding carboxylic acids is 3. The predicted molar refractivity (Wildman–Crippen MR) is 112 cm³/mol. The third-order valence-electron chi connectivity index (χ3n) is 6.01. The summed E-state index contributed by atoms with van der Waals surface area (Å²) >= 11 is 0. The molecule has 0 aromatic carbocycles. The lowest BCUT2D eigenvalue weighted by Crippen LogP contribution is -2.47. The fraction of sp³-hybridized carbons (Fsp3) is 0.500. The molecule has 1 aliphatic heterocycles. The van der Waals surface area contributed by atoms with E-state index in [2.05, 4.69) is 20.6 Å². The summed E-state index contributed by atoms with van der Waals surface area (Å²) in [5.74, 6) is 0.0503. The van der Waals surface area contributed by atoms with Gasteiger partial charge in [0.2, 0.25) is 5.91 Å². The smallest absolute Gasteiger partial charge is 0.292 e. The fourth-order valence-electron chi connectivity index (χ4n) is 4.29. The van der Waals surface area contributed by atoms with Crippen LogP contribution in [0.3, 0.4) is 0 Å². The number of furan rings is 1. The van der Waals surface area contributed by atoms with Crippen molar-refractivity contribution in [3.8, 4) is 0 Å². The Bertz CT molecular complexity index is 916. The van der Waals surface area contributed by atoms with Crippen LogP contribution < -0.4 is 10.6 Å². The summed E-state index contributed by atoms with van der Waals surface area (Å²) in [6, 6.07) is 3.07. The zero-order valence-electron chi connectivity index (χ0n) is 17.4. The molecule has 2 fully saturated rings. The molecule has 0 atom stereocenters. The molecule has 31 heavy (non-hydrogen) atoms. The number of nitrogens with one attached hydrogen (secondary N) is 2. The van der Waals surface area contributed by atoms with Crippen molar-refractivity contribution in [1.29, 1.82) is 0 Å².